The highest BCUT2D eigenvalue weighted by molar-refractivity contribution is 6.33. The third-order valence-electron chi connectivity index (χ3n) is 3.72. The molecular weight excluding hydrogens is 246 g/mol. The molecule has 100 valence electrons. The smallest absolute Gasteiger partial charge is 0.0635 e. The minimum Gasteiger partial charge on any atom is -0.398 e. The molecule has 0 aromatic heterocycles. The molecule has 0 amide bonds. The number of hydrogen-bond donors (Lipinski definition) is 1. The van der Waals surface area contributed by atoms with Gasteiger partial charge in [-0.2, -0.15) is 0 Å². The molecule has 1 heterocycles. The lowest BCUT2D eigenvalue weighted by molar-refractivity contribution is 0.0834. The third kappa shape index (κ3) is 3.16. The van der Waals surface area contributed by atoms with E-state index in [0.717, 1.165) is 32.7 Å². The van der Waals surface area contributed by atoms with Gasteiger partial charge in [-0.1, -0.05) is 24.6 Å². The molecule has 0 radical (unpaired) electrons. The molecule has 0 spiro atoms. The molecule has 1 fully saturated rings. The molecule has 1 aliphatic rings. The summed E-state index contributed by atoms with van der Waals surface area (Å²) in [4.78, 5) is 5.01. The maximum absolute atomic E-state index is 5.94. The molecule has 18 heavy (non-hydrogen) atoms. The number of rotatable bonds is 3. The highest BCUT2D eigenvalue weighted by Crippen LogP contribution is 2.21. The number of likely N-dealkylation sites (N-methyl/N-ethyl adjacent to an activating group) is 1. The van der Waals surface area contributed by atoms with Gasteiger partial charge in [0.25, 0.3) is 0 Å². The second-order valence-corrected chi connectivity index (χ2v) is 5.48. The Morgan fingerprint density at radius 2 is 2.17 bits per heavy atom. The van der Waals surface area contributed by atoms with E-state index < -0.39 is 0 Å². The Morgan fingerprint density at radius 3 is 2.78 bits per heavy atom. The van der Waals surface area contributed by atoms with Crippen LogP contribution in [0, 0.1) is 0 Å². The van der Waals surface area contributed by atoms with Gasteiger partial charge in [0.1, 0.15) is 0 Å². The van der Waals surface area contributed by atoms with E-state index in [1.54, 1.807) is 0 Å². The van der Waals surface area contributed by atoms with E-state index in [1.807, 2.05) is 12.1 Å². The zero-order chi connectivity index (χ0) is 13.1. The predicted octanol–water partition coefficient (Wildman–Crippen LogP) is 2.45. The van der Waals surface area contributed by atoms with Crippen molar-refractivity contribution in [2.24, 2.45) is 0 Å². The van der Waals surface area contributed by atoms with E-state index in [2.05, 4.69) is 29.7 Å². The van der Waals surface area contributed by atoms with Gasteiger partial charge in [0.05, 0.1) is 10.7 Å². The van der Waals surface area contributed by atoms with Crippen LogP contribution < -0.4 is 5.73 Å². The second kappa shape index (κ2) is 5.91. The van der Waals surface area contributed by atoms with E-state index in [9.17, 15) is 0 Å². The minimum absolute atomic E-state index is 0.633. The predicted molar refractivity (Wildman–Crippen MR) is 77.9 cm³/mol. The Bertz CT molecular complexity index is 408. The van der Waals surface area contributed by atoms with Crippen LogP contribution in [0.5, 0.6) is 0 Å². The lowest BCUT2D eigenvalue weighted by atomic mass is 10.1. The van der Waals surface area contributed by atoms with Crippen molar-refractivity contribution in [1.82, 2.24) is 9.80 Å². The van der Waals surface area contributed by atoms with Gasteiger partial charge in [0.15, 0.2) is 0 Å². The number of nitrogens with zero attached hydrogens (tertiary/aromatic N) is 2. The van der Waals surface area contributed by atoms with Crippen molar-refractivity contribution >= 4 is 17.3 Å². The van der Waals surface area contributed by atoms with Gasteiger partial charge in [-0.05, 0) is 31.2 Å². The Kier molecular flexibility index (Phi) is 4.49. The molecule has 1 aliphatic heterocycles. The summed E-state index contributed by atoms with van der Waals surface area (Å²) >= 11 is 5.94. The molecule has 1 unspecified atom stereocenters. The number of nitrogens with two attached hydrogens (primary N) is 1. The Labute approximate surface area is 115 Å². The quantitative estimate of drug-likeness (QED) is 0.854. The largest absolute Gasteiger partial charge is 0.398 e. The van der Waals surface area contributed by atoms with Crippen LogP contribution in [0.3, 0.4) is 0 Å². The van der Waals surface area contributed by atoms with E-state index >= 15 is 0 Å². The zero-order valence-electron chi connectivity index (χ0n) is 11.2. The molecule has 1 atom stereocenters. The van der Waals surface area contributed by atoms with Crippen LogP contribution in [0.1, 0.15) is 19.4 Å². The van der Waals surface area contributed by atoms with E-state index in [0.29, 0.717) is 16.8 Å². The van der Waals surface area contributed by atoms with Crippen molar-refractivity contribution in [2.45, 2.75) is 26.4 Å². The lowest BCUT2D eigenvalue weighted by Gasteiger charge is -2.39. The van der Waals surface area contributed by atoms with Crippen molar-refractivity contribution in [3.8, 4) is 0 Å². The van der Waals surface area contributed by atoms with Gasteiger partial charge in [0.2, 0.25) is 0 Å². The number of anilines is 1. The molecule has 0 aliphatic carbocycles. The summed E-state index contributed by atoms with van der Waals surface area (Å²) in [5.41, 5.74) is 7.76. The fourth-order valence-electron chi connectivity index (χ4n) is 2.63. The fourth-order valence-corrected chi connectivity index (χ4v) is 2.75. The topological polar surface area (TPSA) is 32.5 Å². The summed E-state index contributed by atoms with van der Waals surface area (Å²) in [5, 5.41) is 0.642. The van der Waals surface area contributed by atoms with E-state index in [1.165, 1.54) is 5.56 Å². The van der Waals surface area contributed by atoms with Crippen LogP contribution in [0.15, 0.2) is 18.2 Å². The molecule has 4 heteroatoms. The highest BCUT2D eigenvalue weighted by atomic mass is 35.5. The molecule has 1 aromatic carbocycles. The van der Waals surface area contributed by atoms with Crippen molar-refractivity contribution in [3.05, 3.63) is 28.8 Å². The molecule has 0 saturated carbocycles. The van der Waals surface area contributed by atoms with Crippen LogP contribution in [-0.4, -0.2) is 42.0 Å². The first-order valence-corrected chi connectivity index (χ1v) is 6.98. The van der Waals surface area contributed by atoms with Crippen molar-refractivity contribution in [2.75, 3.05) is 31.9 Å². The second-order valence-electron chi connectivity index (χ2n) is 5.07. The summed E-state index contributed by atoms with van der Waals surface area (Å²) in [7, 11) is 0. The maximum Gasteiger partial charge on any atom is 0.0635 e. The lowest BCUT2D eigenvalue weighted by Crippen LogP contribution is -2.51. The summed E-state index contributed by atoms with van der Waals surface area (Å²) < 4.78 is 0. The van der Waals surface area contributed by atoms with Crippen LogP contribution in [-0.2, 0) is 6.54 Å². The van der Waals surface area contributed by atoms with Gasteiger partial charge in [0, 0.05) is 32.2 Å². The maximum atomic E-state index is 5.94. The van der Waals surface area contributed by atoms with Gasteiger partial charge in [-0.25, -0.2) is 0 Å². The van der Waals surface area contributed by atoms with Crippen molar-refractivity contribution in [1.29, 1.82) is 0 Å². The van der Waals surface area contributed by atoms with Crippen LogP contribution >= 0.6 is 11.6 Å². The number of benzene rings is 1. The van der Waals surface area contributed by atoms with Crippen LogP contribution in [0.25, 0.3) is 0 Å². The molecule has 2 rings (SSSR count). The Balaban J connectivity index is 1.96. The SMILES string of the molecule is CCN1CCN(Cc2ccc(Cl)c(N)c2)CC1C. The summed E-state index contributed by atoms with van der Waals surface area (Å²) in [5.74, 6) is 0. The van der Waals surface area contributed by atoms with E-state index in [4.69, 9.17) is 17.3 Å². The van der Waals surface area contributed by atoms with Crippen LogP contribution in [0.2, 0.25) is 5.02 Å². The Morgan fingerprint density at radius 1 is 1.39 bits per heavy atom. The summed E-state index contributed by atoms with van der Waals surface area (Å²) in [6, 6.07) is 6.57. The van der Waals surface area contributed by atoms with E-state index in [-0.39, 0.29) is 0 Å². The highest BCUT2D eigenvalue weighted by Gasteiger charge is 2.22. The average Bonchev–Trinajstić information content (AvgIpc) is 2.34. The first-order chi connectivity index (χ1) is 8.60. The monoisotopic (exact) mass is 267 g/mol. The van der Waals surface area contributed by atoms with Gasteiger partial charge >= 0.3 is 0 Å². The van der Waals surface area contributed by atoms with Gasteiger partial charge in [-0.3, -0.25) is 9.80 Å². The molecule has 3 nitrogen and oxygen atoms in total. The first-order valence-electron chi connectivity index (χ1n) is 6.60. The van der Waals surface area contributed by atoms with Crippen molar-refractivity contribution in [3.63, 3.8) is 0 Å². The normalized spacial score (nSPS) is 22.3. The Hall–Kier alpha value is -0.770. The van der Waals surface area contributed by atoms with Crippen LogP contribution in [0.4, 0.5) is 5.69 Å². The molecule has 2 N–H and O–H groups in total. The minimum atomic E-state index is 0.633. The van der Waals surface area contributed by atoms with Gasteiger partial charge in [-0.15, -0.1) is 0 Å². The standard InChI is InChI=1S/C14H22ClN3/c1-3-18-7-6-17(9-11(18)2)10-12-4-5-13(15)14(16)8-12/h4-5,8,11H,3,6-7,9-10,16H2,1-2H3. The van der Waals surface area contributed by atoms with Crippen molar-refractivity contribution < 1.29 is 0 Å². The average molecular weight is 268 g/mol. The van der Waals surface area contributed by atoms with Gasteiger partial charge < -0.3 is 5.73 Å². The number of halogens is 1. The number of hydrogen-bond acceptors (Lipinski definition) is 3. The molecule has 0 bridgehead atoms. The summed E-state index contributed by atoms with van der Waals surface area (Å²) in [6.45, 7) is 10.0. The molecule has 1 aromatic rings. The molecule has 1 saturated heterocycles. The molecular formula is C14H22ClN3. The zero-order valence-corrected chi connectivity index (χ0v) is 12.0. The third-order valence-corrected chi connectivity index (χ3v) is 4.07. The summed E-state index contributed by atoms with van der Waals surface area (Å²) in [6.07, 6.45) is 0. The number of nitrogen functional groups attached to an aromatic ring is 1. The number of piperazine rings is 1. The first kappa shape index (κ1) is 13.7. The fraction of sp³-hybridized carbons (Fsp3) is 0.571.